The van der Waals surface area contributed by atoms with Crippen LogP contribution in [0.5, 0.6) is 0 Å². The minimum Gasteiger partial charge on any atom is -0.376 e. The molecule has 0 amide bonds. The molecule has 0 saturated heterocycles. The van der Waals surface area contributed by atoms with Crippen molar-refractivity contribution in [3.63, 3.8) is 0 Å². The smallest absolute Gasteiger partial charge is 0.0717 e. The molecular weight excluding hydrogens is 376 g/mol. The van der Waals surface area contributed by atoms with Gasteiger partial charge in [0.15, 0.2) is 0 Å². The topological polar surface area (TPSA) is 9.23 Å². The molecule has 160 valence electrons. The van der Waals surface area contributed by atoms with Crippen LogP contribution in [0.2, 0.25) is 0 Å². The third-order valence-corrected chi connectivity index (χ3v) is 5.54. The molecule has 0 spiro atoms. The molecule has 1 heteroatoms. The molecule has 1 nitrogen and oxygen atoms in total. The zero-order valence-corrected chi connectivity index (χ0v) is 18.7. The molecule has 3 aromatic carbocycles. The summed E-state index contributed by atoms with van der Waals surface area (Å²) in [6.07, 6.45) is 11.5. The van der Waals surface area contributed by atoms with Crippen molar-refractivity contribution in [3.05, 3.63) is 120 Å². The van der Waals surface area contributed by atoms with E-state index in [1.54, 1.807) is 0 Å². The number of hydrogen-bond acceptors (Lipinski definition) is 1. The molecule has 0 aliphatic rings. The number of rotatable bonds is 12. The van der Waals surface area contributed by atoms with Crippen LogP contribution in [-0.2, 0) is 30.6 Å². The highest BCUT2D eigenvalue weighted by atomic mass is 16.5. The Morgan fingerprint density at radius 1 is 0.645 bits per heavy atom. The van der Waals surface area contributed by atoms with Crippen LogP contribution >= 0.6 is 0 Å². The summed E-state index contributed by atoms with van der Waals surface area (Å²) in [6.45, 7) is 7.18. The Labute approximate surface area is 188 Å². The van der Waals surface area contributed by atoms with Crippen molar-refractivity contribution in [2.75, 3.05) is 6.61 Å². The number of hydrogen-bond donors (Lipinski definition) is 0. The first-order valence-electron chi connectivity index (χ1n) is 11.3. The van der Waals surface area contributed by atoms with Gasteiger partial charge in [0, 0.05) is 0 Å². The van der Waals surface area contributed by atoms with Gasteiger partial charge in [-0.3, -0.25) is 0 Å². The van der Waals surface area contributed by atoms with E-state index in [9.17, 15) is 0 Å². The predicted molar refractivity (Wildman–Crippen MR) is 133 cm³/mol. The maximum absolute atomic E-state index is 5.64. The first-order valence-corrected chi connectivity index (χ1v) is 11.3. The van der Waals surface area contributed by atoms with E-state index in [0.717, 1.165) is 38.7 Å². The summed E-state index contributed by atoms with van der Waals surface area (Å²) in [6, 6.07) is 26.7. The van der Waals surface area contributed by atoms with Crippen molar-refractivity contribution < 1.29 is 4.74 Å². The molecule has 0 heterocycles. The second kappa shape index (κ2) is 12.7. The SMILES string of the molecule is C=CCCOCc1ccc(-c2ccc(CCc3ccc(CCC=CC)cc3)cc2)cc1. The summed E-state index contributed by atoms with van der Waals surface area (Å²) in [5.74, 6) is 0. The largest absolute Gasteiger partial charge is 0.376 e. The Morgan fingerprint density at radius 3 is 1.65 bits per heavy atom. The van der Waals surface area contributed by atoms with E-state index in [2.05, 4.69) is 98.5 Å². The highest BCUT2D eigenvalue weighted by Gasteiger charge is 2.01. The number of benzene rings is 3. The summed E-state index contributed by atoms with van der Waals surface area (Å²) in [5, 5.41) is 0. The molecule has 0 atom stereocenters. The predicted octanol–water partition coefficient (Wildman–Crippen LogP) is 7.74. The zero-order chi connectivity index (χ0) is 21.7. The Bertz CT molecular complexity index is 931. The van der Waals surface area contributed by atoms with E-state index in [-0.39, 0.29) is 0 Å². The third-order valence-electron chi connectivity index (χ3n) is 5.54. The number of allylic oxidation sites excluding steroid dienone is 2. The van der Waals surface area contributed by atoms with Gasteiger partial charge in [-0.05, 0) is 72.4 Å². The number of ether oxygens (including phenoxy) is 1. The van der Waals surface area contributed by atoms with Crippen LogP contribution in [0.15, 0.2) is 97.6 Å². The van der Waals surface area contributed by atoms with E-state index in [0.29, 0.717) is 6.61 Å². The standard InChI is InChI=1S/C30H34O/c1-3-5-7-8-25-9-11-26(12-10-25)13-14-27-15-19-29(20-16-27)30-21-17-28(18-22-30)24-31-23-6-4-2/h3-5,9-12,15-22H,2,6-8,13-14,23-24H2,1H3. The number of aryl methyl sites for hydroxylation is 3. The molecule has 3 aromatic rings. The van der Waals surface area contributed by atoms with Crippen LogP contribution < -0.4 is 0 Å². The van der Waals surface area contributed by atoms with E-state index < -0.39 is 0 Å². The van der Waals surface area contributed by atoms with Gasteiger partial charge in [-0.1, -0.05) is 91.0 Å². The first-order chi connectivity index (χ1) is 15.3. The minimum absolute atomic E-state index is 0.657. The van der Waals surface area contributed by atoms with Gasteiger partial charge in [0.1, 0.15) is 0 Å². The van der Waals surface area contributed by atoms with Crippen molar-refractivity contribution in [1.29, 1.82) is 0 Å². The van der Waals surface area contributed by atoms with Crippen molar-refractivity contribution in [3.8, 4) is 11.1 Å². The fourth-order valence-corrected chi connectivity index (χ4v) is 3.59. The molecule has 3 rings (SSSR count). The van der Waals surface area contributed by atoms with Gasteiger partial charge in [-0.15, -0.1) is 6.58 Å². The molecular formula is C30H34O. The monoisotopic (exact) mass is 410 g/mol. The van der Waals surface area contributed by atoms with Gasteiger partial charge in [-0.2, -0.15) is 0 Å². The Hall–Kier alpha value is -2.90. The normalized spacial score (nSPS) is 11.1. The van der Waals surface area contributed by atoms with Crippen LogP contribution in [0, 0.1) is 0 Å². The summed E-state index contributed by atoms with van der Waals surface area (Å²) in [4.78, 5) is 0. The lowest BCUT2D eigenvalue weighted by atomic mass is 9.99. The van der Waals surface area contributed by atoms with Crippen molar-refractivity contribution in [2.24, 2.45) is 0 Å². The molecule has 0 bridgehead atoms. The van der Waals surface area contributed by atoms with Crippen LogP contribution in [0.1, 0.15) is 42.0 Å². The van der Waals surface area contributed by atoms with Crippen LogP contribution in [0.4, 0.5) is 0 Å². The van der Waals surface area contributed by atoms with Crippen molar-refractivity contribution in [1.82, 2.24) is 0 Å². The zero-order valence-electron chi connectivity index (χ0n) is 18.7. The van der Waals surface area contributed by atoms with Gasteiger partial charge in [-0.25, -0.2) is 0 Å². The van der Waals surface area contributed by atoms with Gasteiger partial charge in [0.2, 0.25) is 0 Å². The maximum Gasteiger partial charge on any atom is 0.0717 e. The lowest BCUT2D eigenvalue weighted by Gasteiger charge is -2.07. The molecule has 31 heavy (non-hydrogen) atoms. The Morgan fingerprint density at radius 2 is 1.13 bits per heavy atom. The Kier molecular flexibility index (Phi) is 9.34. The van der Waals surface area contributed by atoms with Gasteiger partial charge in [0.25, 0.3) is 0 Å². The summed E-state index contributed by atoms with van der Waals surface area (Å²) < 4.78 is 5.64. The van der Waals surface area contributed by atoms with E-state index in [1.165, 1.54) is 33.4 Å². The summed E-state index contributed by atoms with van der Waals surface area (Å²) in [7, 11) is 0. The molecule has 0 aliphatic carbocycles. The van der Waals surface area contributed by atoms with E-state index >= 15 is 0 Å². The fraction of sp³-hybridized carbons (Fsp3) is 0.267. The van der Waals surface area contributed by atoms with Crippen LogP contribution in [0.3, 0.4) is 0 Å². The molecule has 0 unspecified atom stereocenters. The lowest BCUT2D eigenvalue weighted by molar-refractivity contribution is 0.125. The summed E-state index contributed by atoms with van der Waals surface area (Å²) >= 11 is 0. The van der Waals surface area contributed by atoms with Gasteiger partial charge < -0.3 is 4.74 Å². The minimum atomic E-state index is 0.657. The second-order valence-electron chi connectivity index (χ2n) is 7.95. The Balaban J connectivity index is 1.49. The van der Waals surface area contributed by atoms with Crippen molar-refractivity contribution >= 4 is 0 Å². The molecule has 0 saturated carbocycles. The van der Waals surface area contributed by atoms with Gasteiger partial charge in [0.05, 0.1) is 13.2 Å². The molecule has 0 N–H and O–H groups in total. The average Bonchev–Trinajstić information content (AvgIpc) is 2.82. The highest BCUT2D eigenvalue weighted by Crippen LogP contribution is 2.21. The average molecular weight is 411 g/mol. The first kappa shape index (κ1) is 22.8. The third kappa shape index (κ3) is 7.70. The molecule has 0 aliphatic heterocycles. The van der Waals surface area contributed by atoms with Gasteiger partial charge >= 0.3 is 0 Å². The van der Waals surface area contributed by atoms with Crippen molar-refractivity contribution in [2.45, 2.75) is 45.6 Å². The summed E-state index contributed by atoms with van der Waals surface area (Å²) in [5.41, 5.74) is 7.92. The fourth-order valence-electron chi connectivity index (χ4n) is 3.59. The van der Waals surface area contributed by atoms with E-state index in [1.807, 2.05) is 6.08 Å². The van der Waals surface area contributed by atoms with E-state index in [4.69, 9.17) is 4.74 Å². The van der Waals surface area contributed by atoms with Crippen LogP contribution in [0.25, 0.3) is 11.1 Å². The molecule has 0 aromatic heterocycles. The maximum atomic E-state index is 5.64. The second-order valence-corrected chi connectivity index (χ2v) is 7.95. The highest BCUT2D eigenvalue weighted by molar-refractivity contribution is 5.64. The van der Waals surface area contributed by atoms with Crippen LogP contribution in [-0.4, -0.2) is 6.61 Å². The quantitative estimate of drug-likeness (QED) is 0.219. The molecule has 0 fully saturated rings. The molecule has 0 radical (unpaired) electrons. The lowest BCUT2D eigenvalue weighted by Crippen LogP contribution is -1.94.